The Morgan fingerprint density at radius 1 is 1.30 bits per heavy atom. The fraction of sp³-hybridized carbons (Fsp3) is 0.625. The molecule has 1 heterocycles. The Morgan fingerprint density at radius 2 is 2.10 bits per heavy atom. The molecule has 0 aliphatic rings. The van der Waals surface area contributed by atoms with Gasteiger partial charge in [0.15, 0.2) is 0 Å². The van der Waals surface area contributed by atoms with Crippen molar-refractivity contribution < 1.29 is 4.79 Å². The van der Waals surface area contributed by atoms with Crippen LogP contribution >= 0.6 is 0 Å². The van der Waals surface area contributed by atoms with Crippen LogP contribution in [0.4, 0.5) is 5.69 Å². The summed E-state index contributed by atoms with van der Waals surface area (Å²) >= 11 is 0. The number of rotatable bonds is 9. The fourth-order valence-electron chi connectivity index (χ4n) is 2.07. The molecule has 0 saturated carbocycles. The maximum Gasteiger partial charge on any atom is 0.253 e. The number of unbranched alkanes of at least 4 members (excludes halogenated alkanes) is 2. The van der Waals surface area contributed by atoms with Crippen LogP contribution in [0.5, 0.6) is 0 Å². The molecule has 1 aromatic heterocycles. The molecule has 0 spiro atoms. The number of anilines is 1. The average molecular weight is 277 g/mol. The highest BCUT2D eigenvalue weighted by atomic mass is 16.1. The van der Waals surface area contributed by atoms with Crippen LogP contribution in [-0.2, 0) is 0 Å². The van der Waals surface area contributed by atoms with Gasteiger partial charge in [0.2, 0.25) is 0 Å². The summed E-state index contributed by atoms with van der Waals surface area (Å²) in [5.74, 6) is -0.0185. The molecule has 0 saturated heterocycles. The van der Waals surface area contributed by atoms with Crippen LogP contribution in [-0.4, -0.2) is 23.5 Å². The second-order valence-corrected chi connectivity index (χ2v) is 5.22. The van der Waals surface area contributed by atoms with E-state index in [2.05, 4.69) is 36.4 Å². The highest BCUT2D eigenvalue weighted by Crippen LogP contribution is 2.14. The number of hydrogen-bond donors (Lipinski definition) is 2. The molecular formula is C16H27N3O. The van der Waals surface area contributed by atoms with Gasteiger partial charge in [0.25, 0.3) is 5.91 Å². The summed E-state index contributed by atoms with van der Waals surface area (Å²) in [5, 5.41) is 6.31. The lowest BCUT2D eigenvalue weighted by atomic mass is 10.1. The Kier molecular flexibility index (Phi) is 7.70. The zero-order valence-electron chi connectivity index (χ0n) is 12.9. The van der Waals surface area contributed by atoms with Gasteiger partial charge in [0.1, 0.15) is 0 Å². The van der Waals surface area contributed by atoms with Gasteiger partial charge in [-0.25, -0.2) is 0 Å². The molecule has 112 valence electrons. The Bertz CT molecular complexity index is 406. The zero-order chi connectivity index (χ0) is 14.8. The largest absolute Gasteiger partial charge is 0.383 e. The third kappa shape index (κ3) is 5.59. The third-order valence-electron chi connectivity index (χ3n) is 3.25. The second-order valence-electron chi connectivity index (χ2n) is 5.22. The maximum atomic E-state index is 12.3. The first kappa shape index (κ1) is 16.5. The van der Waals surface area contributed by atoms with Gasteiger partial charge in [-0.2, -0.15) is 0 Å². The van der Waals surface area contributed by atoms with E-state index < -0.39 is 0 Å². The zero-order valence-corrected chi connectivity index (χ0v) is 12.9. The van der Waals surface area contributed by atoms with Gasteiger partial charge < -0.3 is 10.6 Å². The van der Waals surface area contributed by atoms with Gasteiger partial charge in [-0.05, 0) is 25.8 Å². The van der Waals surface area contributed by atoms with E-state index >= 15 is 0 Å². The van der Waals surface area contributed by atoms with Crippen molar-refractivity contribution in [2.45, 2.75) is 58.9 Å². The smallest absolute Gasteiger partial charge is 0.253 e. The molecule has 20 heavy (non-hydrogen) atoms. The molecule has 0 aromatic carbocycles. The highest BCUT2D eigenvalue weighted by Gasteiger charge is 2.13. The highest BCUT2D eigenvalue weighted by molar-refractivity contribution is 5.99. The van der Waals surface area contributed by atoms with E-state index in [0.29, 0.717) is 5.56 Å². The Hall–Kier alpha value is -1.58. The van der Waals surface area contributed by atoms with Gasteiger partial charge >= 0.3 is 0 Å². The van der Waals surface area contributed by atoms with E-state index in [0.717, 1.165) is 31.5 Å². The second kappa shape index (κ2) is 9.34. The summed E-state index contributed by atoms with van der Waals surface area (Å²) in [6.07, 6.45) is 9.01. The number of aromatic nitrogens is 1. The Balaban J connectivity index is 2.57. The fourth-order valence-corrected chi connectivity index (χ4v) is 2.07. The summed E-state index contributed by atoms with van der Waals surface area (Å²) in [7, 11) is 0. The van der Waals surface area contributed by atoms with Gasteiger partial charge in [-0.1, -0.05) is 33.1 Å². The van der Waals surface area contributed by atoms with E-state index in [1.807, 2.05) is 0 Å². The number of hydrogen-bond acceptors (Lipinski definition) is 3. The molecule has 1 amide bonds. The van der Waals surface area contributed by atoms with Crippen LogP contribution in [0.25, 0.3) is 0 Å². The van der Waals surface area contributed by atoms with Crippen molar-refractivity contribution in [2.24, 2.45) is 0 Å². The number of carbonyl (C=O) groups excluding carboxylic acids is 1. The molecule has 0 aliphatic carbocycles. The van der Waals surface area contributed by atoms with E-state index in [4.69, 9.17) is 0 Å². The molecule has 4 nitrogen and oxygen atoms in total. The number of nitrogens with one attached hydrogen (secondary N) is 2. The number of pyridine rings is 1. The summed E-state index contributed by atoms with van der Waals surface area (Å²) < 4.78 is 0. The molecule has 0 fully saturated rings. The van der Waals surface area contributed by atoms with Gasteiger partial charge in [-0.15, -0.1) is 0 Å². The monoisotopic (exact) mass is 277 g/mol. The molecule has 4 heteroatoms. The Labute approximate surface area is 122 Å². The molecule has 1 unspecified atom stereocenters. The van der Waals surface area contributed by atoms with E-state index in [9.17, 15) is 4.79 Å². The first-order valence-corrected chi connectivity index (χ1v) is 7.67. The number of nitrogens with zero attached hydrogens (tertiary/aromatic N) is 1. The van der Waals surface area contributed by atoms with Gasteiger partial charge in [-0.3, -0.25) is 9.78 Å². The maximum absolute atomic E-state index is 12.3. The normalized spacial score (nSPS) is 11.9. The van der Waals surface area contributed by atoms with Crippen molar-refractivity contribution in [2.75, 3.05) is 11.9 Å². The molecule has 0 radical (unpaired) electrons. The first-order valence-electron chi connectivity index (χ1n) is 7.67. The van der Waals surface area contributed by atoms with Gasteiger partial charge in [0.05, 0.1) is 17.4 Å². The molecule has 0 aliphatic heterocycles. The van der Waals surface area contributed by atoms with E-state index in [1.165, 1.54) is 12.8 Å². The van der Waals surface area contributed by atoms with Crippen LogP contribution in [0, 0.1) is 0 Å². The molecule has 0 bridgehead atoms. The lowest BCUT2D eigenvalue weighted by Crippen LogP contribution is -2.33. The standard InChI is InChI=1S/C16H27N3O/c1-4-6-7-8-13(3)19-16(20)14-9-11-17-12-15(14)18-10-5-2/h9,11-13,18H,4-8,10H2,1-3H3,(H,19,20). The predicted molar refractivity (Wildman–Crippen MR) is 84.1 cm³/mol. The summed E-state index contributed by atoms with van der Waals surface area (Å²) in [6, 6.07) is 1.98. The number of amides is 1. The minimum Gasteiger partial charge on any atom is -0.383 e. The predicted octanol–water partition coefficient (Wildman–Crippen LogP) is 3.60. The molecular weight excluding hydrogens is 250 g/mol. The Morgan fingerprint density at radius 3 is 2.80 bits per heavy atom. The summed E-state index contributed by atoms with van der Waals surface area (Å²) in [4.78, 5) is 16.4. The van der Waals surface area contributed by atoms with Crippen molar-refractivity contribution in [1.82, 2.24) is 10.3 Å². The minimum atomic E-state index is -0.0185. The van der Waals surface area contributed by atoms with Crippen LogP contribution in [0.15, 0.2) is 18.5 Å². The molecule has 1 atom stereocenters. The van der Waals surface area contributed by atoms with Crippen LogP contribution in [0.1, 0.15) is 63.2 Å². The third-order valence-corrected chi connectivity index (χ3v) is 3.25. The lowest BCUT2D eigenvalue weighted by Gasteiger charge is -2.16. The quantitative estimate of drug-likeness (QED) is 0.678. The van der Waals surface area contributed by atoms with E-state index in [1.54, 1.807) is 18.5 Å². The first-order chi connectivity index (χ1) is 9.69. The lowest BCUT2D eigenvalue weighted by molar-refractivity contribution is 0.0938. The van der Waals surface area contributed by atoms with E-state index in [-0.39, 0.29) is 11.9 Å². The minimum absolute atomic E-state index is 0.0185. The van der Waals surface area contributed by atoms with Crippen LogP contribution in [0.2, 0.25) is 0 Å². The van der Waals surface area contributed by atoms with Crippen LogP contribution < -0.4 is 10.6 Å². The summed E-state index contributed by atoms with van der Waals surface area (Å²) in [5.41, 5.74) is 1.49. The SMILES string of the molecule is CCCCCC(C)NC(=O)c1ccncc1NCCC. The van der Waals surface area contributed by atoms with Crippen molar-refractivity contribution in [3.63, 3.8) is 0 Å². The summed E-state index contributed by atoms with van der Waals surface area (Å²) in [6.45, 7) is 7.19. The van der Waals surface area contributed by atoms with Crippen molar-refractivity contribution >= 4 is 11.6 Å². The number of carbonyl (C=O) groups is 1. The molecule has 1 rings (SSSR count). The molecule has 2 N–H and O–H groups in total. The topological polar surface area (TPSA) is 54.0 Å². The van der Waals surface area contributed by atoms with Crippen molar-refractivity contribution in [1.29, 1.82) is 0 Å². The van der Waals surface area contributed by atoms with Crippen molar-refractivity contribution in [3.8, 4) is 0 Å². The average Bonchev–Trinajstić information content (AvgIpc) is 2.45. The van der Waals surface area contributed by atoms with Crippen LogP contribution in [0.3, 0.4) is 0 Å². The van der Waals surface area contributed by atoms with Crippen molar-refractivity contribution in [3.05, 3.63) is 24.0 Å². The van der Waals surface area contributed by atoms with Gasteiger partial charge in [0, 0.05) is 18.8 Å². The molecule has 1 aromatic rings.